The summed E-state index contributed by atoms with van der Waals surface area (Å²) < 4.78 is 61.1. The second-order valence-electron chi connectivity index (χ2n) is 6.58. The molecule has 3 rings (SSSR count). The Morgan fingerprint density at radius 2 is 1.64 bits per heavy atom. The molecule has 0 aliphatic carbocycles. The molecule has 0 N–H and O–H groups in total. The molecule has 1 aromatic heterocycles. The molecular formula is C17H24N4O5S2. The number of aryl methyl sites for hydroxylation is 2. The molecule has 154 valence electrons. The lowest BCUT2D eigenvalue weighted by molar-refractivity contribution is 0.401. The van der Waals surface area contributed by atoms with Crippen LogP contribution in [-0.2, 0) is 27.1 Å². The van der Waals surface area contributed by atoms with Gasteiger partial charge in [0.1, 0.15) is 11.6 Å². The predicted octanol–water partition coefficient (Wildman–Crippen LogP) is 0.822. The van der Waals surface area contributed by atoms with Crippen LogP contribution in [0.1, 0.15) is 12.2 Å². The maximum Gasteiger partial charge on any atom is 0.262 e. The normalized spacial score (nSPS) is 17.4. The van der Waals surface area contributed by atoms with E-state index in [2.05, 4.69) is 4.98 Å². The summed E-state index contributed by atoms with van der Waals surface area (Å²) in [6.45, 7) is 2.35. The minimum Gasteiger partial charge on any atom is -0.497 e. The Bertz CT molecular complexity index is 1040. The first kappa shape index (κ1) is 20.8. The largest absolute Gasteiger partial charge is 0.497 e. The fraction of sp³-hybridized carbons (Fsp3) is 0.471. The van der Waals surface area contributed by atoms with E-state index in [-0.39, 0.29) is 36.1 Å². The molecule has 0 unspecified atom stereocenters. The molecule has 28 heavy (non-hydrogen) atoms. The van der Waals surface area contributed by atoms with Crippen LogP contribution in [0, 0.1) is 6.92 Å². The monoisotopic (exact) mass is 428 g/mol. The lowest BCUT2D eigenvalue weighted by atomic mass is 10.3. The highest BCUT2D eigenvalue weighted by molar-refractivity contribution is 7.89. The van der Waals surface area contributed by atoms with Crippen molar-refractivity contribution in [3.05, 3.63) is 36.3 Å². The lowest BCUT2D eigenvalue weighted by Gasteiger charge is -2.21. The predicted molar refractivity (Wildman–Crippen MR) is 103 cm³/mol. The molecule has 0 bridgehead atoms. The average molecular weight is 429 g/mol. The molecule has 0 amide bonds. The quantitative estimate of drug-likeness (QED) is 0.699. The van der Waals surface area contributed by atoms with Crippen LogP contribution >= 0.6 is 0 Å². The highest BCUT2D eigenvalue weighted by atomic mass is 32.2. The van der Waals surface area contributed by atoms with Gasteiger partial charge in [0.2, 0.25) is 10.0 Å². The number of imidazole rings is 1. The summed E-state index contributed by atoms with van der Waals surface area (Å²) in [7, 11) is -4.31. The number of benzene rings is 1. The van der Waals surface area contributed by atoms with Gasteiger partial charge in [0.15, 0.2) is 5.03 Å². The highest BCUT2D eigenvalue weighted by Crippen LogP contribution is 2.23. The van der Waals surface area contributed by atoms with E-state index in [4.69, 9.17) is 4.74 Å². The van der Waals surface area contributed by atoms with Crippen molar-refractivity contribution in [2.45, 2.75) is 23.3 Å². The van der Waals surface area contributed by atoms with E-state index in [0.29, 0.717) is 18.0 Å². The zero-order valence-corrected chi connectivity index (χ0v) is 17.7. The second kappa shape index (κ2) is 7.82. The first-order valence-corrected chi connectivity index (χ1v) is 11.7. The van der Waals surface area contributed by atoms with Crippen LogP contribution in [-0.4, -0.2) is 68.3 Å². The zero-order valence-electron chi connectivity index (χ0n) is 16.1. The van der Waals surface area contributed by atoms with Gasteiger partial charge in [0.25, 0.3) is 10.0 Å². The van der Waals surface area contributed by atoms with Crippen LogP contribution in [0.2, 0.25) is 0 Å². The summed E-state index contributed by atoms with van der Waals surface area (Å²) in [4.78, 5) is 4.24. The van der Waals surface area contributed by atoms with Gasteiger partial charge in [-0.15, -0.1) is 0 Å². The van der Waals surface area contributed by atoms with Crippen LogP contribution in [0.4, 0.5) is 0 Å². The number of aromatic nitrogens is 2. The summed E-state index contributed by atoms with van der Waals surface area (Å²) in [5, 5.41) is -0.0170. The number of ether oxygens (including phenoxy) is 1. The van der Waals surface area contributed by atoms with Gasteiger partial charge in [0.05, 0.1) is 12.0 Å². The van der Waals surface area contributed by atoms with Crippen molar-refractivity contribution in [3.8, 4) is 5.75 Å². The Labute approximate surface area is 165 Å². The molecule has 2 heterocycles. The molecule has 0 spiro atoms. The van der Waals surface area contributed by atoms with Crippen molar-refractivity contribution in [1.29, 1.82) is 0 Å². The molecule has 11 heteroatoms. The Morgan fingerprint density at radius 3 is 2.21 bits per heavy atom. The Balaban J connectivity index is 1.81. The maximum absolute atomic E-state index is 13.0. The van der Waals surface area contributed by atoms with Crippen molar-refractivity contribution < 1.29 is 21.6 Å². The van der Waals surface area contributed by atoms with Gasteiger partial charge in [-0.1, -0.05) is 6.07 Å². The van der Waals surface area contributed by atoms with E-state index < -0.39 is 20.0 Å². The fourth-order valence-electron chi connectivity index (χ4n) is 3.04. The molecule has 0 saturated carbocycles. The van der Waals surface area contributed by atoms with Crippen molar-refractivity contribution in [2.75, 3.05) is 33.3 Å². The summed E-state index contributed by atoms with van der Waals surface area (Å²) in [6, 6.07) is 6.26. The first-order chi connectivity index (χ1) is 13.2. The van der Waals surface area contributed by atoms with Gasteiger partial charge >= 0.3 is 0 Å². The zero-order chi connectivity index (χ0) is 20.5. The first-order valence-electron chi connectivity index (χ1n) is 8.80. The third-order valence-electron chi connectivity index (χ3n) is 4.78. The summed E-state index contributed by atoms with van der Waals surface area (Å²) in [5.74, 6) is 1.04. The number of hydrogen-bond acceptors (Lipinski definition) is 6. The molecule has 9 nitrogen and oxygen atoms in total. The molecule has 0 radical (unpaired) electrons. The van der Waals surface area contributed by atoms with E-state index in [0.717, 1.165) is 0 Å². The Kier molecular flexibility index (Phi) is 5.80. The highest BCUT2D eigenvalue weighted by Gasteiger charge is 2.33. The summed E-state index contributed by atoms with van der Waals surface area (Å²) >= 11 is 0. The third-order valence-corrected chi connectivity index (χ3v) is 8.45. The lowest BCUT2D eigenvalue weighted by Crippen LogP contribution is -2.37. The Morgan fingerprint density at radius 1 is 1.00 bits per heavy atom. The molecular weight excluding hydrogens is 404 g/mol. The molecule has 0 atom stereocenters. The smallest absolute Gasteiger partial charge is 0.262 e. The Hall–Kier alpha value is -1.95. The van der Waals surface area contributed by atoms with E-state index in [1.165, 1.54) is 34.0 Å². The van der Waals surface area contributed by atoms with Gasteiger partial charge in [-0.2, -0.15) is 8.61 Å². The number of sulfonamides is 2. The van der Waals surface area contributed by atoms with Gasteiger partial charge in [-0.3, -0.25) is 0 Å². The third kappa shape index (κ3) is 3.93. The minimum absolute atomic E-state index is 0.0170. The second-order valence-corrected chi connectivity index (χ2v) is 10.4. The van der Waals surface area contributed by atoms with Gasteiger partial charge < -0.3 is 9.30 Å². The fourth-order valence-corrected chi connectivity index (χ4v) is 6.04. The van der Waals surface area contributed by atoms with Crippen molar-refractivity contribution >= 4 is 20.0 Å². The maximum atomic E-state index is 13.0. The molecule has 1 saturated heterocycles. The van der Waals surface area contributed by atoms with Crippen molar-refractivity contribution in [2.24, 2.45) is 7.05 Å². The van der Waals surface area contributed by atoms with Crippen LogP contribution in [0.15, 0.2) is 40.4 Å². The number of hydrogen-bond donors (Lipinski definition) is 0. The van der Waals surface area contributed by atoms with E-state index in [9.17, 15) is 16.8 Å². The van der Waals surface area contributed by atoms with Crippen LogP contribution < -0.4 is 4.74 Å². The molecule has 2 aromatic rings. The van der Waals surface area contributed by atoms with Crippen molar-refractivity contribution in [1.82, 2.24) is 18.2 Å². The van der Waals surface area contributed by atoms with Crippen LogP contribution in [0.25, 0.3) is 0 Å². The van der Waals surface area contributed by atoms with Crippen molar-refractivity contribution in [3.63, 3.8) is 0 Å². The van der Waals surface area contributed by atoms with Crippen LogP contribution in [0.5, 0.6) is 5.75 Å². The summed E-state index contributed by atoms with van der Waals surface area (Å²) in [6.07, 6.45) is 1.87. The molecule has 1 aliphatic rings. The van der Waals surface area contributed by atoms with E-state index >= 15 is 0 Å². The van der Waals surface area contributed by atoms with E-state index in [1.807, 2.05) is 0 Å². The molecule has 1 fully saturated rings. The van der Waals surface area contributed by atoms with E-state index in [1.54, 1.807) is 30.7 Å². The summed E-state index contributed by atoms with van der Waals surface area (Å²) in [5.41, 5.74) is 0. The SMILES string of the molecule is COc1cccc(S(=O)(=O)N2CCCN(S(=O)(=O)c3cn(C)c(C)n3)CC2)c1. The standard InChI is InChI=1S/C17H24N4O5S2/c1-14-18-17(13-19(14)2)28(24,25)21-9-5-8-20(10-11-21)27(22,23)16-7-4-6-15(12-16)26-3/h4,6-7,12-13H,5,8-11H2,1-3H3. The molecule has 1 aromatic carbocycles. The topological polar surface area (TPSA) is 102 Å². The average Bonchev–Trinajstić information content (AvgIpc) is 2.88. The number of methoxy groups -OCH3 is 1. The molecule has 1 aliphatic heterocycles. The minimum atomic E-state index is -3.77. The van der Waals surface area contributed by atoms with Gasteiger partial charge in [0, 0.05) is 45.5 Å². The number of rotatable bonds is 5. The van der Waals surface area contributed by atoms with Gasteiger partial charge in [-0.05, 0) is 25.5 Å². The number of nitrogens with zero attached hydrogens (tertiary/aromatic N) is 4. The van der Waals surface area contributed by atoms with Gasteiger partial charge in [-0.25, -0.2) is 21.8 Å². The van der Waals surface area contributed by atoms with Crippen LogP contribution in [0.3, 0.4) is 0 Å².